The molecule has 2 aliphatic rings. The number of amides is 2. The van der Waals surface area contributed by atoms with E-state index in [1.54, 1.807) is 12.1 Å². The molecular weight excluding hydrogens is 613 g/mol. The van der Waals surface area contributed by atoms with E-state index in [9.17, 15) is 27.2 Å². The van der Waals surface area contributed by atoms with Gasteiger partial charge in [0.05, 0.1) is 36.8 Å². The van der Waals surface area contributed by atoms with Crippen LogP contribution in [0.2, 0.25) is 0 Å². The van der Waals surface area contributed by atoms with Crippen LogP contribution in [0.5, 0.6) is 0 Å². The number of pyridine rings is 1. The van der Waals surface area contributed by atoms with Gasteiger partial charge < -0.3 is 30.7 Å². The lowest BCUT2D eigenvalue weighted by Crippen LogP contribution is -2.52. The summed E-state index contributed by atoms with van der Waals surface area (Å²) in [7, 11) is 0. The monoisotopic (exact) mass is 647 g/mol. The van der Waals surface area contributed by atoms with Crippen LogP contribution >= 0.6 is 0 Å². The van der Waals surface area contributed by atoms with Gasteiger partial charge in [0.15, 0.2) is 0 Å². The van der Waals surface area contributed by atoms with Crippen molar-refractivity contribution in [3.05, 3.63) is 89.5 Å². The maximum absolute atomic E-state index is 15.1. The Morgan fingerprint density at radius 1 is 1.02 bits per heavy atom. The summed E-state index contributed by atoms with van der Waals surface area (Å²) >= 11 is 0. The zero-order chi connectivity index (χ0) is 32.7. The molecule has 0 unspecified atom stereocenters. The fourth-order valence-corrected chi connectivity index (χ4v) is 5.27. The Labute approximate surface area is 262 Å². The number of alkyl halides is 2. The first kappa shape index (κ1) is 33.1. The van der Waals surface area contributed by atoms with Gasteiger partial charge in [-0.05, 0) is 54.8 Å². The van der Waals surface area contributed by atoms with Gasteiger partial charge in [-0.25, -0.2) is 26.7 Å². The molecule has 1 aromatic heterocycles. The lowest BCUT2D eigenvalue weighted by molar-refractivity contribution is -0.116. The van der Waals surface area contributed by atoms with E-state index in [-0.39, 0.29) is 38.2 Å². The average molecular weight is 648 g/mol. The van der Waals surface area contributed by atoms with Crippen molar-refractivity contribution >= 4 is 23.4 Å². The van der Waals surface area contributed by atoms with Crippen molar-refractivity contribution in [2.75, 3.05) is 30.4 Å². The summed E-state index contributed by atoms with van der Waals surface area (Å²) in [5.74, 6) is -4.68. The molecule has 246 valence electrons. The van der Waals surface area contributed by atoms with Crippen molar-refractivity contribution in [1.29, 1.82) is 0 Å². The molecule has 3 atom stereocenters. The molecule has 1 saturated carbocycles. The SMILES string of the molecule is O=C(NC1CC(F)(F)C1)OC[C@@H]1CO[C@H](CCc2c(F)cncc2N[C@@H](Cc2ccc(F)cc2)C(=O)Nc2ccc(F)cc2)CN1. The van der Waals surface area contributed by atoms with E-state index in [4.69, 9.17) is 9.47 Å². The Morgan fingerprint density at radius 3 is 2.37 bits per heavy atom. The predicted molar refractivity (Wildman–Crippen MR) is 159 cm³/mol. The van der Waals surface area contributed by atoms with E-state index in [1.165, 1.54) is 42.6 Å². The molecule has 0 radical (unpaired) electrons. The molecule has 0 spiro atoms. The highest BCUT2D eigenvalue weighted by atomic mass is 19.3. The van der Waals surface area contributed by atoms with Crippen molar-refractivity contribution in [2.45, 2.75) is 62.3 Å². The number of hydrogen-bond acceptors (Lipinski definition) is 7. The summed E-state index contributed by atoms with van der Waals surface area (Å²) in [5.41, 5.74) is 1.61. The van der Waals surface area contributed by atoms with Crippen molar-refractivity contribution in [1.82, 2.24) is 15.6 Å². The van der Waals surface area contributed by atoms with Crippen LogP contribution in [-0.2, 0) is 27.1 Å². The van der Waals surface area contributed by atoms with E-state index >= 15 is 4.39 Å². The van der Waals surface area contributed by atoms with Gasteiger partial charge in [-0.2, -0.15) is 0 Å². The summed E-state index contributed by atoms with van der Waals surface area (Å²) < 4.78 is 78.9. The Morgan fingerprint density at radius 2 is 1.72 bits per heavy atom. The number of morpholine rings is 1. The lowest BCUT2D eigenvalue weighted by Gasteiger charge is -2.35. The van der Waals surface area contributed by atoms with Gasteiger partial charge in [0, 0.05) is 43.1 Å². The van der Waals surface area contributed by atoms with Crippen LogP contribution in [0.4, 0.5) is 38.1 Å². The largest absolute Gasteiger partial charge is 0.448 e. The fourth-order valence-electron chi connectivity index (χ4n) is 5.27. The molecule has 2 heterocycles. The van der Waals surface area contributed by atoms with Gasteiger partial charge in [-0.1, -0.05) is 12.1 Å². The first-order valence-corrected chi connectivity index (χ1v) is 14.9. The second-order valence-corrected chi connectivity index (χ2v) is 11.5. The average Bonchev–Trinajstić information content (AvgIpc) is 3.01. The topological polar surface area (TPSA) is 114 Å². The number of alkyl carbamates (subject to hydrolysis) is 1. The molecule has 2 fully saturated rings. The molecule has 9 nitrogen and oxygen atoms in total. The minimum absolute atomic E-state index is 0.00977. The maximum atomic E-state index is 15.1. The van der Waals surface area contributed by atoms with Crippen molar-refractivity contribution < 1.29 is 41.0 Å². The first-order chi connectivity index (χ1) is 22.0. The number of rotatable bonds is 12. The summed E-state index contributed by atoms with van der Waals surface area (Å²) in [4.78, 5) is 29.2. The summed E-state index contributed by atoms with van der Waals surface area (Å²) in [5, 5.41) is 11.4. The van der Waals surface area contributed by atoms with Gasteiger partial charge in [0.2, 0.25) is 5.91 Å². The molecule has 46 heavy (non-hydrogen) atoms. The third-order valence-electron chi connectivity index (χ3n) is 7.83. The number of benzene rings is 2. The standard InChI is InChI=1S/C32H34F5N5O4/c33-20-3-1-19(2-4-20)11-28(30(43)40-22-7-5-21(34)6-8-22)42-29-16-38-15-27(35)26(29)10-9-25-14-39-24(17-45-25)18-46-31(44)41-23-12-32(36,37)13-23/h1-8,15-16,23-25,28,39,42H,9-14,17-18H2,(H,40,43)(H,41,44)/t24-,25+,28-/m0/s1. The number of aromatic nitrogens is 1. The van der Waals surface area contributed by atoms with Gasteiger partial charge in [0.25, 0.3) is 5.92 Å². The summed E-state index contributed by atoms with van der Waals surface area (Å²) in [6, 6.07) is 9.09. The molecule has 1 aliphatic heterocycles. The van der Waals surface area contributed by atoms with Crippen LogP contribution in [-0.4, -0.2) is 66.9 Å². The number of ether oxygens (including phenoxy) is 2. The van der Waals surface area contributed by atoms with E-state index in [0.29, 0.717) is 35.5 Å². The third kappa shape index (κ3) is 9.36. The zero-order valence-electron chi connectivity index (χ0n) is 24.7. The van der Waals surface area contributed by atoms with E-state index in [2.05, 4.69) is 26.3 Å². The fraction of sp³-hybridized carbons (Fsp3) is 0.406. The van der Waals surface area contributed by atoms with Crippen molar-refractivity contribution in [2.24, 2.45) is 0 Å². The van der Waals surface area contributed by atoms with Gasteiger partial charge in [-0.15, -0.1) is 0 Å². The number of halogens is 5. The molecule has 2 aromatic carbocycles. The Balaban J connectivity index is 1.16. The quantitative estimate of drug-likeness (QED) is 0.205. The lowest BCUT2D eigenvalue weighted by atomic mass is 9.88. The predicted octanol–water partition coefficient (Wildman–Crippen LogP) is 4.97. The molecule has 2 amide bonds. The number of carbonyl (C=O) groups is 2. The molecule has 3 aromatic rings. The zero-order valence-corrected chi connectivity index (χ0v) is 24.7. The maximum Gasteiger partial charge on any atom is 0.407 e. The number of carbonyl (C=O) groups excluding carboxylic acids is 2. The Bertz CT molecular complexity index is 1480. The van der Waals surface area contributed by atoms with Gasteiger partial charge in [0.1, 0.15) is 30.1 Å². The minimum atomic E-state index is -2.74. The molecule has 14 heteroatoms. The Kier molecular flexibility index (Phi) is 10.7. The molecule has 1 aliphatic carbocycles. The van der Waals surface area contributed by atoms with E-state index in [0.717, 1.165) is 6.20 Å². The highest BCUT2D eigenvalue weighted by Gasteiger charge is 2.46. The van der Waals surface area contributed by atoms with Crippen LogP contribution in [0, 0.1) is 17.5 Å². The summed E-state index contributed by atoms with van der Waals surface area (Å²) in [6.45, 7) is 0.601. The molecule has 5 rings (SSSR count). The highest BCUT2D eigenvalue weighted by Crippen LogP contribution is 2.37. The third-order valence-corrected chi connectivity index (χ3v) is 7.83. The Hall–Kier alpha value is -4.30. The van der Waals surface area contributed by atoms with Gasteiger partial charge >= 0.3 is 6.09 Å². The van der Waals surface area contributed by atoms with Crippen LogP contribution < -0.4 is 21.3 Å². The van der Waals surface area contributed by atoms with Crippen molar-refractivity contribution in [3.63, 3.8) is 0 Å². The molecular formula is C32H34F5N5O4. The molecule has 4 N–H and O–H groups in total. The second-order valence-electron chi connectivity index (χ2n) is 11.5. The normalized spacial score (nSPS) is 19.8. The second kappa shape index (κ2) is 14.9. The van der Waals surface area contributed by atoms with E-state index < -0.39 is 60.3 Å². The van der Waals surface area contributed by atoms with Crippen LogP contribution in [0.15, 0.2) is 60.9 Å². The van der Waals surface area contributed by atoms with Gasteiger partial charge in [-0.3, -0.25) is 9.78 Å². The molecule has 1 saturated heterocycles. The van der Waals surface area contributed by atoms with Crippen LogP contribution in [0.1, 0.15) is 30.4 Å². The highest BCUT2D eigenvalue weighted by molar-refractivity contribution is 5.96. The van der Waals surface area contributed by atoms with Crippen molar-refractivity contribution in [3.8, 4) is 0 Å². The number of nitrogens with zero attached hydrogens (tertiary/aromatic N) is 1. The van der Waals surface area contributed by atoms with Crippen LogP contribution in [0.3, 0.4) is 0 Å². The number of nitrogens with one attached hydrogen (secondary N) is 4. The minimum Gasteiger partial charge on any atom is -0.448 e. The first-order valence-electron chi connectivity index (χ1n) is 14.9. The summed E-state index contributed by atoms with van der Waals surface area (Å²) in [6.07, 6.45) is 1.43. The number of anilines is 2. The van der Waals surface area contributed by atoms with Crippen LogP contribution in [0.25, 0.3) is 0 Å². The smallest absolute Gasteiger partial charge is 0.407 e. The molecule has 0 bridgehead atoms. The number of hydrogen-bond donors (Lipinski definition) is 4. The van der Waals surface area contributed by atoms with E-state index in [1.807, 2.05) is 0 Å².